The molecule has 1 aromatic rings. The molecule has 0 bridgehead atoms. The molecule has 5 heteroatoms. The van der Waals surface area contributed by atoms with Crippen molar-refractivity contribution < 1.29 is 0 Å². The molecule has 0 aromatic carbocycles. The van der Waals surface area contributed by atoms with E-state index in [1.54, 1.807) is 0 Å². The van der Waals surface area contributed by atoms with Crippen LogP contribution in [0.5, 0.6) is 0 Å². The van der Waals surface area contributed by atoms with E-state index in [1.807, 2.05) is 17.9 Å². The number of nitrogens with zero attached hydrogens (tertiary/aromatic N) is 5. The Morgan fingerprint density at radius 3 is 2.61 bits per heavy atom. The molecule has 0 amide bonds. The minimum Gasteiger partial charge on any atom is -0.295 e. The lowest BCUT2D eigenvalue weighted by molar-refractivity contribution is 0.107. The molecular weight excluding hydrogens is 226 g/mol. The van der Waals surface area contributed by atoms with Gasteiger partial charge < -0.3 is 0 Å². The lowest BCUT2D eigenvalue weighted by Gasteiger charge is -2.36. The van der Waals surface area contributed by atoms with Crippen molar-refractivity contribution in [2.45, 2.75) is 25.9 Å². The standard InChI is InChI=1S/C13H21N5/c1-3-13(10-14)18-8-6-17(7-9-18)11-12-4-5-16(2)15-12/h4-5,13H,3,6-9,11H2,1-2H3. The summed E-state index contributed by atoms with van der Waals surface area (Å²) in [6.07, 6.45) is 2.89. The topological polar surface area (TPSA) is 48.1 Å². The molecule has 0 N–H and O–H groups in total. The molecular formula is C13H21N5. The molecule has 1 aromatic heterocycles. The second-order valence-electron chi connectivity index (χ2n) is 4.85. The van der Waals surface area contributed by atoms with Gasteiger partial charge in [-0.05, 0) is 12.5 Å². The van der Waals surface area contributed by atoms with Gasteiger partial charge in [0.1, 0.15) is 0 Å². The van der Waals surface area contributed by atoms with Crippen LogP contribution in [0, 0.1) is 11.3 Å². The largest absolute Gasteiger partial charge is 0.295 e. The zero-order valence-corrected chi connectivity index (χ0v) is 11.2. The summed E-state index contributed by atoms with van der Waals surface area (Å²) in [7, 11) is 1.94. The molecule has 2 heterocycles. The van der Waals surface area contributed by atoms with Crippen LogP contribution in [0.2, 0.25) is 0 Å². The van der Waals surface area contributed by atoms with Crippen molar-refractivity contribution in [1.29, 1.82) is 5.26 Å². The number of rotatable bonds is 4. The summed E-state index contributed by atoms with van der Waals surface area (Å²) < 4.78 is 1.84. The van der Waals surface area contributed by atoms with E-state index in [0.717, 1.165) is 44.8 Å². The molecule has 1 unspecified atom stereocenters. The number of hydrogen-bond acceptors (Lipinski definition) is 4. The van der Waals surface area contributed by atoms with Crippen LogP contribution in [0.4, 0.5) is 0 Å². The minimum absolute atomic E-state index is 0.0852. The Bertz CT molecular complexity index is 411. The molecule has 98 valence electrons. The highest BCUT2D eigenvalue weighted by Crippen LogP contribution is 2.10. The van der Waals surface area contributed by atoms with Gasteiger partial charge in [0.05, 0.1) is 17.8 Å². The third-order valence-corrected chi connectivity index (χ3v) is 3.54. The summed E-state index contributed by atoms with van der Waals surface area (Å²) in [5.74, 6) is 0. The first-order valence-corrected chi connectivity index (χ1v) is 6.57. The van der Waals surface area contributed by atoms with E-state index in [0.29, 0.717) is 0 Å². The van der Waals surface area contributed by atoms with Crippen molar-refractivity contribution in [2.24, 2.45) is 7.05 Å². The van der Waals surface area contributed by atoms with Gasteiger partial charge in [-0.2, -0.15) is 10.4 Å². The maximum Gasteiger partial charge on any atom is 0.0976 e. The quantitative estimate of drug-likeness (QED) is 0.791. The van der Waals surface area contributed by atoms with E-state index in [9.17, 15) is 0 Å². The Hall–Kier alpha value is -1.38. The summed E-state index contributed by atoms with van der Waals surface area (Å²) in [5.41, 5.74) is 1.12. The van der Waals surface area contributed by atoms with E-state index in [1.165, 1.54) is 0 Å². The molecule has 2 rings (SSSR count). The molecule has 1 saturated heterocycles. The summed E-state index contributed by atoms with van der Waals surface area (Å²) in [6, 6.07) is 4.53. The zero-order valence-electron chi connectivity index (χ0n) is 11.2. The van der Waals surface area contributed by atoms with Crippen LogP contribution >= 0.6 is 0 Å². The molecule has 0 aliphatic carbocycles. The van der Waals surface area contributed by atoms with Crippen LogP contribution in [-0.4, -0.2) is 51.8 Å². The van der Waals surface area contributed by atoms with E-state index in [4.69, 9.17) is 5.26 Å². The van der Waals surface area contributed by atoms with Crippen LogP contribution in [0.15, 0.2) is 12.3 Å². The molecule has 1 fully saturated rings. The lowest BCUT2D eigenvalue weighted by Crippen LogP contribution is -2.49. The van der Waals surface area contributed by atoms with Crippen molar-refractivity contribution in [3.63, 3.8) is 0 Å². The van der Waals surface area contributed by atoms with Crippen molar-refractivity contribution in [3.8, 4) is 6.07 Å². The molecule has 1 aliphatic heterocycles. The molecule has 5 nitrogen and oxygen atoms in total. The van der Waals surface area contributed by atoms with Crippen molar-refractivity contribution in [2.75, 3.05) is 26.2 Å². The van der Waals surface area contributed by atoms with Crippen LogP contribution in [-0.2, 0) is 13.6 Å². The minimum atomic E-state index is 0.0852. The number of hydrogen-bond donors (Lipinski definition) is 0. The van der Waals surface area contributed by atoms with Gasteiger partial charge in [-0.1, -0.05) is 6.92 Å². The van der Waals surface area contributed by atoms with E-state index in [-0.39, 0.29) is 6.04 Å². The van der Waals surface area contributed by atoms with Gasteiger partial charge in [0.2, 0.25) is 0 Å². The second kappa shape index (κ2) is 5.98. The first kappa shape index (κ1) is 13.1. The molecule has 18 heavy (non-hydrogen) atoms. The highest BCUT2D eigenvalue weighted by molar-refractivity contribution is 4.99. The third-order valence-electron chi connectivity index (χ3n) is 3.54. The smallest absolute Gasteiger partial charge is 0.0976 e. The van der Waals surface area contributed by atoms with Gasteiger partial charge in [-0.25, -0.2) is 0 Å². The number of aromatic nitrogens is 2. The summed E-state index contributed by atoms with van der Waals surface area (Å²) in [4.78, 5) is 4.69. The van der Waals surface area contributed by atoms with Crippen molar-refractivity contribution in [1.82, 2.24) is 19.6 Å². The van der Waals surface area contributed by atoms with Gasteiger partial charge in [0.15, 0.2) is 0 Å². The summed E-state index contributed by atoms with van der Waals surface area (Å²) in [6.45, 7) is 7.01. The maximum absolute atomic E-state index is 9.06. The van der Waals surface area contributed by atoms with Gasteiger partial charge >= 0.3 is 0 Å². The highest BCUT2D eigenvalue weighted by atomic mass is 15.3. The van der Waals surface area contributed by atoms with Gasteiger partial charge in [0, 0.05) is 46.0 Å². The predicted molar refractivity (Wildman–Crippen MR) is 69.8 cm³/mol. The molecule has 0 saturated carbocycles. The Labute approximate surface area is 109 Å². The van der Waals surface area contributed by atoms with Gasteiger partial charge in [-0.15, -0.1) is 0 Å². The van der Waals surface area contributed by atoms with E-state index >= 15 is 0 Å². The molecule has 0 spiro atoms. The first-order valence-electron chi connectivity index (χ1n) is 6.57. The Morgan fingerprint density at radius 1 is 1.39 bits per heavy atom. The third kappa shape index (κ3) is 3.09. The summed E-state index contributed by atoms with van der Waals surface area (Å²) >= 11 is 0. The predicted octanol–water partition coefficient (Wildman–Crippen LogP) is 0.840. The fourth-order valence-corrected chi connectivity index (χ4v) is 2.44. The van der Waals surface area contributed by atoms with E-state index in [2.05, 4.69) is 34.0 Å². The van der Waals surface area contributed by atoms with Crippen molar-refractivity contribution >= 4 is 0 Å². The highest BCUT2D eigenvalue weighted by Gasteiger charge is 2.22. The fourth-order valence-electron chi connectivity index (χ4n) is 2.44. The number of aryl methyl sites for hydroxylation is 1. The van der Waals surface area contributed by atoms with Crippen LogP contribution in [0.1, 0.15) is 19.0 Å². The first-order chi connectivity index (χ1) is 8.72. The Morgan fingerprint density at radius 2 is 2.11 bits per heavy atom. The fraction of sp³-hybridized carbons (Fsp3) is 0.692. The Kier molecular flexibility index (Phi) is 4.34. The normalized spacial score (nSPS) is 19.6. The van der Waals surface area contributed by atoms with Crippen LogP contribution < -0.4 is 0 Å². The number of nitriles is 1. The van der Waals surface area contributed by atoms with Crippen LogP contribution in [0.25, 0.3) is 0 Å². The van der Waals surface area contributed by atoms with Crippen LogP contribution in [0.3, 0.4) is 0 Å². The Balaban J connectivity index is 1.82. The van der Waals surface area contributed by atoms with E-state index < -0.39 is 0 Å². The lowest BCUT2D eigenvalue weighted by atomic mass is 10.2. The molecule has 1 atom stereocenters. The van der Waals surface area contributed by atoms with Gasteiger partial charge in [0.25, 0.3) is 0 Å². The zero-order chi connectivity index (χ0) is 13.0. The monoisotopic (exact) mass is 247 g/mol. The van der Waals surface area contributed by atoms with Crippen molar-refractivity contribution in [3.05, 3.63) is 18.0 Å². The summed E-state index contributed by atoms with van der Waals surface area (Å²) in [5, 5.41) is 13.5. The SMILES string of the molecule is CCC(C#N)N1CCN(Cc2ccn(C)n2)CC1. The second-order valence-corrected chi connectivity index (χ2v) is 4.85. The molecule has 1 aliphatic rings. The molecule has 0 radical (unpaired) electrons. The maximum atomic E-state index is 9.06. The average Bonchev–Trinajstić information content (AvgIpc) is 2.78. The van der Waals surface area contributed by atoms with Gasteiger partial charge in [-0.3, -0.25) is 14.5 Å². The number of piperazine rings is 1. The average molecular weight is 247 g/mol.